The van der Waals surface area contributed by atoms with Crippen LogP contribution in [0.3, 0.4) is 0 Å². The van der Waals surface area contributed by atoms with E-state index in [1.165, 1.54) is 43.5 Å². The van der Waals surface area contributed by atoms with E-state index in [0.29, 0.717) is 19.3 Å². The molecule has 6 nitrogen and oxygen atoms in total. The lowest BCUT2D eigenvalue weighted by Gasteiger charge is -2.26. The van der Waals surface area contributed by atoms with Crippen molar-refractivity contribution in [1.82, 2.24) is 15.5 Å². The molecule has 2 aliphatic heterocycles. The molecule has 2 N–H and O–H groups in total. The Hall–Kier alpha value is -0.900. The highest BCUT2D eigenvalue weighted by molar-refractivity contribution is 14.0. The van der Waals surface area contributed by atoms with Gasteiger partial charge in [0.15, 0.2) is 5.96 Å². The summed E-state index contributed by atoms with van der Waals surface area (Å²) >= 11 is 0. The molecule has 0 atom stereocenters. The van der Waals surface area contributed by atoms with Gasteiger partial charge in [0.1, 0.15) is 0 Å². The van der Waals surface area contributed by atoms with Crippen LogP contribution in [0.15, 0.2) is 29.3 Å². The second-order valence-corrected chi connectivity index (χ2v) is 7.96. The van der Waals surface area contributed by atoms with Gasteiger partial charge in [-0.1, -0.05) is 30.7 Å². The Labute approximate surface area is 199 Å². The average molecular weight is 530 g/mol. The Morgan fingerprint density at radius 2 is 1.77 bits per heavy atom. The predicted molar refractivity (Wildman–Crippen MR) is 134 cm³/mol. The van der Waals surface area contributed by atoms with Crippen LogP contribution in [-0.4, -0.2) is 62.9 Å². The van der Waals surface area contributed by atoms with Crippen LogP contribution in [0.1, 0.15) is 50.2 Å². The van der Waals surface area contributed by atoms with E-state index in [0.717, 1.165) is 51.6 Å². The molecule has 7 heteroatoms. The highest BCUT2D eigenvalue weighted by atomic mass is 127. The second-order valence-electron chi connectivity index (χ2n) is 7.96. The molecular weight excluding hydrogens is 491 g/mol. The predicted octanol–water partition coefficient (Wildman–Crippen LogP) is 3.54. The van der Waals surface area contributed by atoms with Gasteiger partial charge >= 0.3 is 0 Å². The summed E-state index contributed by atoms with van der Waals surface area (Å²) in [6.45, 7) is 10.5. The van der Waals surface area contributed by atoms with Gasteiger partial charge in [0.2, 0.25) is 0 Å². The lowest BCUT2D eigenvalue weighted by atomic mass is 10.1. The van der Waals surface area contributed by atoms with Crippen LogP contribution in [0, 0.1) is 0 Å². The summed E-state index contributed by atoms with van der Waals surface area (Å²) in [6.07, 6.45) is 6.41. The van der Waals surface area contributed by atoms with Crippen LogP contribution in [0.4, 0.5) is 0 Å². The third-order valence-electron chi connectivity index (χ3n) is 5.61. The molecule has 2 saturated heterocycles. The molecular formula is C23H39IN4O2. The van der Waals surface area contributed by atoms with Gasteiger partial charge in [-0.2, -0.15) is 0 Å². The molecule has 30 heavy (non-hydrogen) atoms. The van der Waals surface area contributed by atoms with Crippen molar-refractivity contribution in [3.8, 4) is 0 Å². The van der Waals surface area contributed by atoms with E-state index in [-0.39, 0.29) is 24.0 Å². The van der Waals surface area contributed by atoms with E-state index in [9.17, 15) is 0 Å². The fourth-order valence-corrected chi connectivity index (χ4v) is 3.83. The molecule has 2 fully saturated rings. The zero-order valence-corrected chi connectivity index (χ0v) is 20.7. The number of nitrogens with zero attached hydrogens (tertiary/aromatic N) is 2. The molecule has 0 bridgehead atoms. The third-order valence-corrected chi connectivity index (χ3v) is 5.61. The molecule has 1 aromatic rings. The van der Waals surface area contributed by atoms with E-state index in [4.69, 9.17) is 14.5 Å². The molecule has 1 aromatic carbocycles. The number of likely N-dealkylation sites (tertiary alicyclic amines) is 1. The summed E-state index contributed by atoms with van der Waals surface area (Å²) in [5.74, 6) is 0.899. The highest BCUT2D eigenvalue weighted by Crippen LogP contribution is 2.14. The smallest absolute Gasteiger partial charge is 0.191 e. The average Bonchev–Trinajstić information content (AvgIpc) is 2.78. The van der Waals surface area contributed by atoms with Crippen LogP contribution in [0.25, 0.3) is 0 Å². The van der Waals surface area contributed by atoms with Gasteiger partial charge in [0.05, 0.1) is 19.3 Å². The number of ether oxygens (including phenoxy) is 2. The van der Waals surface area contributed by atoms with Crippen molar-refractivity contribution in [3.63, 3.8) is 0 Å². The number of guanidine groups is 1. The molecule has 0 spiro atoms. The summed E-state index contributed by atoms with van der Waals surface area (Å²) in [7, 11) is 0. The van der Waals surface area contributed by atoms with Crippen LogP contribution in [0.5, 0.6) is 0 Å². The zero-order chi connectivity index (χ0) is 20.2. The Morgan fingerprint density at radius 1 is 1.07 bits per heavy atom. The largest absolute Gasteiger partial charge is 0.381 e. The number of rotatable bonds is 9. The number of benzene rings is 1. The number of hydrogen-bond acceptors (Lipinski definition) is 4. The molecule has 170 valence electrons. The zero-order valence-electron chi connectivity index (χ0n) is 18.4. The Morgan fingerprint density at radius 3 is 2.47 bits per heavy atom. The number of hydrogen-bond donors (Lipinski definition) is 2. The first-order valence-electron chi connectivity index (χ1n) is 11.3. The minimum absolute atomic E-state index is 0. The molecule has 2 heterocycles. The minimum Gasteiger partial charge on any atom is -0.381 e. The van der Waals surface area contributed by atoms with E-state index < -0.39 is 0 Å². The standard InChI is InChI=1S/C23H38N4O2.HI/c1-2-24-23(25-12-15-27-13-4-3-5-14-27)26-18-20-6-8-21(9-7-20)19-29-22-10-16-28-17-11-22;/h6-9,22H,2-5,10-19H2,1H3,(H2,24,25,26);1H. The number of halogens is 1. The molecule has 0 amide bonds. The molecule has 0 radical (unpaired) electrons. The summed E-state index contributed by atoms with van der Waals surface area (Å²) in [6, 6.07) is 8.62. The second kappa shape index (κ2) is 15.0. The van der Waals surface area contributed by atoms with Crippen molar-refractivity contribution < 1.29 is 9.47 Å². The van der Waals surface area contributed by atoms with E-state index in [1.54, 1.807) is 0 Å². The van der Waals surface area contributed by atoms with Gasteiger partial charge in [-0.3, -0.25) is 0 Å². The van der Waals surface area contributed by atoms with Crippen molar-refractivity contribution in [1.29, 1.82) is 0 Å². The molecule has 2 aliphatic rings. The van der Waals surface area contributed by atoms with Gasteiger partial charge in [-0.05, 0) is 56.8 Å². The van der Waals surface area contributed by atoms with Crippen LogP contribution in [0.2, 0.25) is 0 Å². The lowest BCUT2D eigenvalue weighted by molar-refractivity contribution is -0.0390. The Bertz CT molecular complexity index is 600. The summed E-state index contributed by atoms with van der Waals surface area (Å²) in [5, 5.41) is 6.82. The van der Waals surface area contributed by atoms with Crippen molar-refractivity contribution in [2.75, 3.05) is 45.9 Å². The maximum atomic E-state index is 6.00. The Balaban J connectivity index is 0.00000320. The quantitative estimate of drug-likeness (QED) is 0.291. The van der Waals surface area contributed by atoms with Crippen LogP contribution < -0.4 is 10.6 Å². The maximum Gasteiger partial charge on any atom is 0.191 e. The van der Waals surface area contributed by atoms with Gasteiger partial charge in [-0.15, -0.1) is 24.0 Å². The SMILES string of the molecule is CCNC(=NCc1ccc(COC2CCOCC2)cc1)NCCN1CCCCC1.I. The first-order valence-corrected chi connectivity index (χ1v) is 11.3. The monoisotopic (exact) mass is 530 g/mol. The van der Waals surface area contributed by atoms with Gasteiger partial charge in [0, 0.05) is 32.8 Å². The fourth-order valence-electron chi connectivity index (χ4n) is 3.83. The molecule has 0 saturated carbocycles. The molecule has 3 rings (SSSR count). The third kappa shape index (κ3) is 9.49. The Kier molecular flexibility index (Phi) is 12.7. The van der Waals surface area contributed by atoms with Crippen molar-refractivity contribution >= 4 is 29.9 Å². The van der Waals surface area contributed by atoms with E-state index in [1.807, 2.05) is 0 Å². The first kappa shape index (κ1) is 25.4. The normalized spacial score (nSPS) is 18.6. The van der Waals surface area contributed by atoms with E-state index in [2.05, 4.69) is 46.7 Å². The van der Waals surface area contributed by atoms with Gasteiger partial charge < -0.3 is 25.0 Å². The molecule has 0 unspecified atom stereocenters. The molecule has 0 aliphatic carbocycles. The lowest BCUT2D eigenvalue weighted by Crippen LogP contribution is -2.42. The highest BCUT2D eigenvalue weighted by Gasteiger charge is 2.14. The number of aliphatic imine (C=N–C) groups is 1. The summed E-state index contributed by atoms with van der Waals surface area (Å²) in [5.41, 5.74) is 2.43. The van der Waals surface area contributed by atoms with Crippen molar-refractivity contribution in [3.05, 3.63) is 35.4 Å². The topological polar surface area (TPSA) is 58.1 Å². The summed E-state index contributed by atoms with van der Waals surface area (Å²) in [4.78, 5) is 7.29. The number of piperidine rings is 1. The fraction of sp³-hybridized carbons (Fsp3) is 0.696. The van der Waals surface area contributed by atoms with Crippen LogP contribution in [-0.2, 0) is 22.6 Å². The van der Waals surface area contributed by atoms with Gasteiger partial charge in [0.25, 0.3) is 0 Å². The van der Waals surface area contributed by atoms with E-state index >= 15 is 0 Å². The van der Waals surface area contributed by atoms with Gasteiger partial charge in [-0.25, -0.2) is 4.99 Å². The van der Waals surface area contributed by atoms with Crippen molar-refractivity contribution in [2.45, 2.75) is 58.3 Å². The first-order chi connectivity index (χ1) is 14.3. The summed E-state index contributed by atoms with van der Waals surface area (Å²) < 4.78 is 11.4. The minimum atomic E-state index is 0. The van der Waals surface area contributed by atoms with Crippen LogP contribution >= 0.6 is 24.0 Å². The maximum absolute atomic E-state index is 6.00. The van der Waals surface area contributed by atoms with Crippen molar-refractivity contribution in [2.24, 2.45) is 4.99 Å². The number of nitrogens with one attached hydrogen (secondary N) is 2. The molecule has 0 aromatic heterocycles.